The third-order valence-electron chi connectivity index (χ3n) is 3.92. The normalized spacial score (nSPS) is 12.9. The third-order valence-corrected chi connectivity index (χ3v) is 7.21. The highest BCUT2D eigenvalue weighted by Gasteiger charge is 2.29. The maximum absolute atomic E-state index is 13.2. The van der Waals surface area contributed by atoms with Crippen LogP contribution in [0, 0.1) is 5.82 Å². The van der Waals surface area contributed by atoms with E-state index in [0.717, 1.165) is 6.42 Å². The number of benzene rings is 2. The van der Waals surface area contributed by atoms with Gasteiger partial charge in [-0.25, -0.2) is 12.8 Å². The molecule has 0 fully saturated rings. The van der Waals surface area contributed by atoms with Crippen molar-refractivity contribution in [2.45, 2.75) is 40.5 Å². The Labute approximate surface area is 166 Å². The molecule has 142 valence electrons. The molecule has 0 unspecified atom stereocenters. The third kappa shape index (κ3) is 4.36. The van der Waals surface area contributed by atoms with Crippen molar-refractivity contribution in [3.05, 3.63) is 59.4 Å². The van der Waals surface area contributed by atoms with E-state index >= 15 is 0 Å². The molecule has 0 N–H and O–H groups in total. The average Bonchev–Trinajstić information content (AvgIpc) is 3.07. The number of hydrogen-bond acceptors (Lipinski definition) is 5. The molecule has 4 nitrogen and oxygen atoms in total. The molecular formula is C19H17ClFNO3S2. The molecule has 0 spiro atoms. The number of rotatable bonds is 6. The molecule has 0 aliphatic heterocycles. The lowest BCUT2D eigenvalue weighted by Gasteiger charge is -2.07. The lowest BCUT2D eigenvalue weighted by atomic mass is 10.2. The Bertz CT molecular complexity index is 1030. The summed E-state index contributed by atoms with van der Waals surface area (Å²) < 4.78 is 45.1. The highest BCUT2D eigenvalue weighted by molar-refractivity contribution is 8.00. The smallest absolute Gasteiger partial charge is 0.228 e. The predicted octanol–water partition coefficient (Wildman–Crippen LogP) is 5.86. The highest BCUT2D eigenvalue weighted by Crippen LogP contribution is 2.37. The summed E-state index contributed by atoms with van der Waals surface area (Å²) in [5, 5.41) is 0.654. The quantitative estimate of drug-likeness (QED) is 0.463. The van der Waals surface area contributed by atoms with Crippen LogP contribution < -0.4 is 0 Å². The van der Waals surface area contributed by atoms with E-state index in [1.54, 1.807) is 0 Å². The summed E-state index contributed by atoms with van der Waals surface area (Å²) in [5.41, 5.74) is 0.500. The van der Waals surface area contributed by atoms with Crippen molar-refractivity contribution in [2.24, 2.45) is 0 Å². The molecule has 3 rings (SSSR count). The standard InChI is InChI=1S/C19H17ClFNO3S2/c1-3-12(2)26-19-18(27(23,24)16-10-6-14(20)7-11-16)22-17(25-19)13-4-8-15(21)9-5-13/h4-12H,3H2,1-2H3/t12-/m1/s1. The van der Waals surface area contributed by atoms with Crippen LogP contribution in [0.25, 0.3) is 11.5 Å². The van der Waals surface area contributed by atoms with Crippen LogP contribution in [0.5, 0.6) is 0 Å². The minimum Gasteiger partial charge on any atom is -0.428 e. The van der Waals surface area contributed by atoms with Gasteiger partial charge in [0, 0.05) is 15.8 Å². The first kappa shape index (κ1) is 19.9. The highest BCUT2D eigenvalue weighted by atomic mass is 35.5. The molecule has 1 heterocycles. The van der Waals surface area contributed by atoms with Crippen molar-refractivity contribution < 1.29 is 17.2 Å². The molecule has 2 aromatic carbocycles. The Kier molecular flexibility index (Phi) is 5.93. The lowest BCUT2D eigenvalue weighted by Crippen LogP contribution is -2.05. The Morgan fingerprint density at radius 1 is 1.15 bits per heavy atom. The Balaban J connectivity index is 2.11. The van der Waals surface area contributed by atoms with Crippen molar-refractivity contribution in [3.63, 3.8) is 0 Å². The summed E-state index contributed by atoms with van der Waals surface area (Å²) in [6, 6.07) is 11.4. The van der Waals surface area contributed by atoms with Crippen molar-refractivity contribution in [1.82, 2.24) is 4.98 Å². The molecule has 27 heavy (non-hydrogen) atoms. The largest absolute Gasteiger partial charge is 0.428 e. The van der Waals surface area contributed by atoms with Crippen LogP contribution in [0.4, 0.5) is 4.39 Å². The molecule has 8 heteroatoms. The minimum absolute atomic E-state index is 0.0804. The van der Waals surface area contributed by atoms with E-state index in [2.05, 4.69) is 4.98 Å². The van der Waals surface area contributed by atoms with Crippen LogP contribution in [-0.2, 0) is 9.84 Å². The zero-order valence-electron chi connectivity index (χ0n) is 14.6. The van der Waals surface area contributed by atoms with Gasteiger partial charge in [-0.2, -0.15) is 4.98 Å². The molecule has 0 bridgehead atoms. The van der Waals surface area contributed by atoms with E-state index in [4.69, 9.17) is 16.0 Å². The molecule has 1 aromatic heterocycles. The molecule has 0 saturated carbocycles. The summed E-state index contributed by atoms with van der Waals surface area (Å²) >= 11 is 7.16. The van der Waals surface area contributed by atoms with Gasteiger partial charge in [-0.3, -0.25) is 0 Å². The lowest BCUT2D eigenvalue weighted by molar-refractivity contribution is 0.469. The van der Waals surface area contributed by atoms with Crippen molar-refractivity contribution in [1.29, 1.82) is 0 Å². The molecule has 0 amide bonds. The first-order valence-corrected chi connectivity index (χ1v) is 11.0. The van der Waals surface area contributed by atoms with Crippen LogP contribution in [-0.4, -0.2) is 18.7 Å². The minimum atomic E-state index is -3.89. The molecule has 0 saturated heterocycles. The van der Waals surface area contributed by atoms with Crippen LogP contribution in [0.2, 0.25) is 5.02 Å². The maximum atomic E-state index is 13.2. The number of oxazole rings is 1. The Hall–Kier alpha value is -1.83. The van der Waals surface area contributed by atoms with E-state index in [1.165, 1.54) is 60.3 Å². The van der Waals surface area contributed by atoms with Gasteiger partial charge in [-0.05, 0) is 55.0 Å². The van der Waals surface area contributed by atoms with Gasteiger partial charge >= 0.3 is 0 Å². The van der Waals surface area contributed by atoms with Crippen molar-refractivity contribution in [3.8, 4) is 11.5 Å². The second-order valence-corrected chi connectivity index (χ2v) is 9.63. The summed E-state index contributed by atoms with van der Waals surface area (Å²) in [5.74, 6) is -0.262. The summed E-state index contributed by atoms with van der Waals surface area (Å²) in [7, 11) is -3.89. The number of sulfone groups is 1. The number of hydrogen-bond donors (Lipinski definition) is 0. The van der Waals surface area contributed by atoms with Gasteiger partial charge in [0.25, 0.3) is 0 Å². The first-order valence-electron chi connectivity index (χ1n) is 8.25. The van der Waals surface area contributed by atoms with Gasteiger partial charge in [-0.1, -0.05) is 37.2 Å². The zero-order chi connectivity index (χ0) is 19.6. The van der Waals surface area contributed by atoms with Gasteiger partial charge in [0.05, 0.1) is 4.90 Å². The molecular weight excluding hydrogens is 409 g/mol. The fourth-order valence-corrected chi connectivity index (χ4v) is 4.83. The first-order chi connectivity index (χ1) is 12.8. The topological polar surface area (TPSA) is 60.2 Å². The SMILES string of the molecule is CC[C@@H](C)Sc1oc(-c2ccc(F)cc2)nc1S(=O)(=O)c1ccc(Cl)cc1. The Morgan fingerprint density at radius 3 is 2.37 bits per heavy atom. The second kappa shape index (κ2) is 8.04. The maximum Gasteiger partial charge on any atom is 0.228 e. The summed E-state index contributed by atoms with van der Waals surface area (Å²) in [6.45, 7) is 3.98. The number of halogens is 2. The molecule has 0 radical (unpaired) electrons. The van der Waals surface area contributed by atoms with Gasteiger partial charge in [0.1, 0.15) is 5.82 Å². The fraction of sp³-hybridized carbons (Fsp3) is 0.211. The van der Waals surface area contributed by atoms with Gasteiger partial charge in [0.15, 0.2) is 0 Å². The molecule has 0 aliphatic rings. The number of nitrogens with zero attached hydrogens (tertiary/aromatic N) is 1. The molecule has 3 aromatic rings. The van der Waals surface area contributed by atoms with E-state index < -0.39 is 15.7 Å². The van der Waals surface area contributed by atoms with Gasteiger partial charge in [0.2, 0.25) is 25.8 Å². The number of thioether (sulfide) groups is 1. The van der Waals surface area contributed by atoms with Crippen LogP contribution in [0.15, 0.2) is 68.0 Å². The van der Waals surface area contributed by atoms with Crippen LogP contribution in [0.3, 0.4) is 0 Å². The van der Waals surface area contributed by atoms with Crippen molar-refractivity contribution in [2.75, 3.05) is 0 Å². The number of aromatic nitrogens is 1. The molecule has 1 atom stereocenters. The van der Waals surface area contributed by atoms with Gasteiger partial charge < -0.3 is 4.42 Å². The predicted molar refractivity (Wildman–Crippen MR) is 104 cm³/mol. The monoisotopic (exact) mass is 425 g/mol. The Morgan fingerprint density at radius 2 is 1.78 bits per heavy atom. The zero-order valence-corrected chi connectivity index (χ0v) is 17.0. The van der Waals surface area contributed by atoms with E-state index in [9.17, 15) is 12.8 Å². The summed E-state index contributed by atoms with van der Waals surface area (Å²) in [4.78, 5) is 4.32. The second-order valence-electron chi connectivity index (χ2n) is 5.91. The van der Waals surface area contributed by atoms with E-state index in [1.807, 2.05) is 13.8 Å². The molecule has 0 aliphatic carbocycles. The average molecular weight is 426 g/mol. The summed E-state index contributed by atoms with van der Waals surface area (Å²) in [6.07, 6.45) is 0.831. The van der Waals surface area contributed by atoms with E-state index in [-0.39, 0.29) is 26.2 Å². The van der Waals surface area contributed by atoms with E-state index in [0.29, 0.717) is 10.6 Å². The van der Waals surface area contributed by atoms with Crippen molar-refractivity contribution >= 4 is 33.2 Å². The van der Waals surface area contributed by atoms with Crippen LogP contribution >= 0.6 is 23.4 Å². The fourth-order valence-electron chi connectivity index (χ4n) is 2.24. The van der Waals surface area contributed by atoms with Crippen LogP contribution in [0.1, 0.15) is 20.3 Å². The van der Waals surface area contributed by atoms with Gasteiger partial charge in [-0.15, -0.1) is 0 Å².